The lowest BCUT2D eigenvalue weighted by Gasteiger charge is -2.24. The number of carbonyl (C=O) groups excluding carboxylic acids is 1. The lowest BCUT2D eigenvalue weighted by Crippen LogP contribution is -2.36. The SMILES string of the molecule is CC(C)(C)OC(=O)N1CCC(Oc2ccc(-c3noc(Cc4ccccc4)n3)cc2)C1. The Balaban J connectivity index is 1.32. The highest BCUT2D eigenvalue weighted by Gasteiger charge is 2.30. The number of aromatic nitrogens is 2. The first kappa shape index (κ1) is 20.9. The normalized spacial score (nSPS) is 16.4. The molecule has 0 bridgehead atoms. The van der Waals surface area contributed by atoms with Crippen molar-refractivity contribution in [2.75, 3.05) is 13.1 Å². The third-order valence-electron chi connectivity index (χ3n) is 4.88. The van der Waals surface area contributed by atoms with E-state index in [0.29, 0.717) is 31.2 Å². The first-order valence-electron chi connectivity index (χ1n) is 10.5. The summed E-state index contributed by atoms with van der Waals surface area (Å²) in [6.45, 7) is 6.75. The molecule has 0 radical (unpaired) electrons. The average Bonchev–Trinajstić information content (AvgIpc) is 3.38. The van der Waals surface area contributed by atoms with Gasteiger partial charge in [-0.3, -0.25) is 0 Å². The molecular weight excluding hydrogens is 394 g/mol. The van der Waals surface area contributed by atoms with Gasteiger partial charge in [0.15, 0.2) is 0 Å². The van der Waals surface area contributed by atoms with Gasteiger partial charge in [-0.25, -0.2) is 4.79 Å². The van der Waals surface area contributed by atoms with Gasteiger partial charge >= 0.3 is 6.09 Å². The predicted molar refractivity (Wildman–Crippen MR) is 116 cm³/mol. The van der Waals surface area contributed by atoms with Crippen molar-refractivity contribution in [1.82, 2.24) is 15.0 Å². The molecule has 0 aliphatic carbocycles. The number of hydrogen-bond acceptors (Lipinski definition) is 6. The average molecular weight is 421 g/mol. The highest BCUT2D eigenvalue weighted by atomic mass is 16.6. The van der Waals surface area contributed by atoms with Gasteiger partial charge < -0.3 is 18.9 Å². The number of ether oxygens (including phenoxy) is 2. The highest BCUT2D eigenvalue weighted by molar-refractivity contribution is 5.68. The number of likely N-dealkylation sites (tertiary alicyclic amines) is 1. The molecule has 1 saturated heterocycles. The van der Waals surface area contributed by atoms with E-state index in [-0.39, 0.29) is 12.2 Å². The Hall–Kier alpha value is -3.35. The molecule has 1 fully saturated rings. The van der Waals surface area contributed by atoms with Crippen molar-refractivity contribution in [2.24, 2.45) is 0 Å². The molecule has 3 aromatic rings. The summed E-state index contributed by atoms with van der Waals surface area (Å²) in [6.07, 6.45) is 1.03. The van der Waals surface area contributed by atoms with E-state index >= 15 is 0 Å². The zero-order valence-corrected chi connectivity index (χ0v) is 18.1. The van der Waals surface area contributed by atoms with Crippen LogP contribution in [0.25, 0.3) is 11.4 Å². The summed E-state index contributed by atoms with van der Waals surface area (Å²) in [5.41, 5.74) is 1.48. The summed E-state index contributed by atoms with van der Waals surface area (Å²) >= 11 is 0. The number of hydrogen-bond donors (Lipinski definition) is 0. The second-order valence-corrected chi connectivity index (χ2v) is 8.65. The summed E-state index contributed by atoms with van der Waals surface area (Å²) in [5.74, 6) is 1.87. The second kappa shape index (κ2) is 8.79. The summed E-state index contributed by atoms with van der Waals surface area (Å²) in [6, 6.07) is 17.6. The van der Waals surface area contributed by atoms with E-state index in [9.17, 15) is 4.79 Å². The molecule has 1 unspecified atom stereocenters. The van der Waals surface area contributed by atoms with Crippen molar-refractivity contribution < 1.29 is 18.8 Å². The first-order valence-corrected chi connectivity index (χ1v) is 10.5. The molecule has 1 atom stereocenters. The fraction of sp³-hybridized carbons (Fsp3) is 0.375. The zero-order valence-electron chi connectivity index (χ0n) is 18.1. The van der Waals surface area contributed by atoms with Crippen LogP contribution < -0.4 is 4.74 Å². The van der Waals surface area contributed by atoms with E-state index in [2.05, 4.69) is 10.1 Å². The van der Waals surface area contributed by atoms with Gasteiger partial charge in [0.2, 0.25) is 11.7 Å². The van der Waals surface area contributed by atoms with Gasteiger partial charge in [0.1, 0.15) is 17.5 Å². The van der Waals surface area contributed by atoms with Crippen molar-refractivity contribution in [3.8, 4) is 17.1 Å². The van der Waals surface area contributed by atoms with Crippen LogP contribution >= 0.6 is 0 Å². The van der Waals surface area contributed by atoms with Crippen molar-refractivity contribution in [3.63, 3.8) is 0 Å². The lowest BCUT2D eigenvalue weighted by atomic mass is 10.1. The fourth-order valence-electron chi connectivity index (χ4n) is 3.41. The molecule has 0 saturated carbocycles. The minimum atomic E-state index is -0.498. The van der Waals surface area contributed by atoms with Gasteiger partial charge in [-0.05, 0) is 50.6 Å². The topological polar surface area (TPSA) is 77.7 Å². The molecule has 0 spiro atoms. The maximum absolute atomic E-state index is 12.2. The van der Waals surface area contributed by atoms with Gasteiger partial charge in [-0.15, -0.1) is 0 Å². The van der Waals surface area contributed by atoms with Gasteiger partial charge in [0.05, 0.1) is 13.0 Å². The predicted octanol–water partition coefficient (Wildman–Crippen LogP) is 4.72. The smallest absolute Gasteiger partial charge is 0.410 e. The Morgan fingerprint density at radius 1 is 1.13 bits per heavy atom. The molecule has 1 aliphatic heterocycles. The molecule has 1 aromatic heterocycles. The molecule has 31 heavy (non-hydrogen) atoms. The van der Waals surface area contributed by atoms with E-state index in [0.717, 1.165) is 23.3 Å². The van der Waals surface area contributed by atoms with Crippen LogP contribution in [-0.2, 0) is 11.2 Å². The highest BCUT2D eigenvalue weighted by Crippen LogP contribution is 2.24. The Bertz CT molecular complexity index is 1010. The molecule has 4 rings (SSSR count). The minimum absolute atomic E-state index is 0.0546. The summed E-state index contributed by atoms with van der Waals surface area (Å²) in [5, 5.41) is 4.09. The quantitative estimate of drug-likeness (QED) is 0.593. The summed E-state index contributed by atoms with van der Waals surface area (Å²) in [4.78, 5) is 18.4. The Morgan fingerprint density at radius 3 is 2.58 bits per heavy atom. The Morgan fingerprint density at radius 2 is 1.87 bits per heavy atom. The molecule has 1 amide bonds. The van der Waals surface area contributed by atoms with Crippen LogP contribution in [-0.4, -0.2) is 45.9 Å². The molecule has 2 aromatic carbocycles. The number of amides is 1. The summed E-state index contributed by atoms with van der Waals surface area (Å²) < 4.78 is 16.9. The van der Waals surface area contributed by atoms with E-state index in [1.807, 2.05) is 75.4 Å². The van der Waals surface area contributed by atoms with Crippen LogP contribution in [0.1, 0.15) is 38.6 Å². The summed E-state index contributed by atoms with van der Waals surface area (Å²) in [7, 11) is 0. The van der Waals surface area contributed by atoms with Crippen LogP contribution in [0.15, 0.2) is 59.1 Å². The van der Waals surface area contributed by atoms with Gasteiger partial charge in [-0.1, -0.05) is 35.5 Å². The monoisotopic (exact) mass is 421 g/mol. The largest absolute Gasteiger partial charge is 0.489 e. The maximum atomic E-state index is 12.2. The molecule has 2 heterocycles. The molecule has 7 nitrogen and oxygen atoms in total. The van der Waals surface area contributed by atoms with Crippen LogP contribution in [0, 0.1) is 0 Å². The van der Waals surface area contributed by atoms with Crippen molar-refractivity contribution in [1.29, 1.82) is 0 Å². The van der Waals surface area contributed by atoms with Crippen LogP contribution in [0.3, 0.4) is 0 Å². The molecule has 1 aliphatic rings. The van der Waals surface area contributed by atoms with Crippen LogP contribution in [0.5, 0.6) is 5.75 Å². The van der Waals surface area contributed by atoms with Crippen LogP contribution in [0.2, 0.25) is 0 Å². The van der Waals surface area contributed by atoms with E-state index in [1.54, 1.807) is 4.90 Å². The molecule has 162 valence electrons. The minimum Gasteiger partial charge on any atom is -0.489 e. The molecule has 7 heteroatoms. The number of carbonyl (C=O) groups is 1. The first-order chi connectivity index (χ1) is 14.9. The number of nitrogens with zero attached hydrogens (tertiary/aromatic N) is 3. The number of rotatable bonds is 5. The second-order valence-electron chi connectivity index (χ2n) is 8.65. The van der Waals surface area contributed by atoms with Gasteiger partial charge in [0, 0.05) is 18.5 Å². The lowest BCUT2D eigenvalue weighted by molar-refractivity contribution is 0.0275. The van der Waals surface area contributed by atoms with Gasteiger partial charge in [0.25, 0.3) is 0 Å². The van der Waals surface area contributed by atoms with E-state index in [1.165, 1.54) is 0 Å². The van der Waals surface area contributed by atoms with Crippen molar-refractivity contribution in [3.05, 3.63) is 66.1 Å². The fourth-order valence-corrected chi connectivity index (χ4v) is 3.41. The maximum Gasteiger partial charge on any atom is 0.410 e. The molecule has 0 N–H and O–H groups in total. The Kier molecular flexibility index (Phi) is 5.93. The molecular formula is C24H27N3O4. The number of benzene rings is 2. The van der Waals surface area contributed by atoms with Crippen molar-refractivity contribution >= 4 is 6.09 Å². The standard InChI is InChI=1S/C24H27N3O4/c1-24(2,3)30-23(28)27-14-13-20(16-27)29-19-11-9-18(10-12-19)22-25-21(31-26-22)15-17-7-5-4-6-8-17/h4-12,20H,13-16H2,1-3H3. The Labute approximate surface area is 182 Å². The third-order valence-corrected chi connectivity index (χ3v) is 4.88. The van der Waals surface area contributed by atoms with Gasteiger partial charge in [-0.2, -0.15) is 4.98 Å². The van der Waals surface area contributed by atoms with E-state index in [4.69, 9.17) is 14.0 Å². The van der Waals surface area contributed by atoms with Crippen LogP contribution in [0.4, 0.5) is 4.79 Å². The van der Waals surface area contributed by atoms with E-state index < -0.39 is 5.60 Å². The zero-order chi connectivity index (χ0) is 21.8. The van der Waals surface area contributed by atoms with Crippen molar-refractivity contribution in [2.45, 2.75) is 45.3 Å². The third kappa shape index (κ3) is 5.63.